The van der Waals surface area contributed by atoms with Crippen LogP contribution in [0.25, 0.3) is 0 Å². The number of rotatable bonds is 1. The van der Waals surface area contributed by atoms with Gasteiger partial charge < -0.3 is 15.0 Å². The summed E-state index contributed by atoms with van der Waals surface area (Å²) in [6, 6.07) is 3.30. The summed E-state index contributed by atoms with van der Waals surface area (Å²) < 4.78 is 5.03. The van der Waals surface area contributed by atoms with Crippen molar-refractivity contribution in [1.82, 2.24) is 10.3 Å². The molecule has 0 saturated heterocycles. The van der Waals surface area contributed by atoms with Crippen LogP contribution in [0.2, 0.25) is 0 Å². The van der Waals surface area contributed by atoms with Crippen molar-refractivity contribution < 1.29 is 9.53 Å². The number of carbonyl (C=O) groups is 1. The molecule has 18 heavy (non-hydrogen) atoms. The summed E-state index contributed by atoms with van der Waals surface area (Å²) in [6.07, 6.45) is 1.01. The number of pyridine rings is 1. The van der Waals surface area contributed by atoms with Crippen molar-refractivity contribution in [3.8, 4) is 11.8 Å². The van der Waals surface area contributed by atoms with E-state index < -0.39 is 11.7 Å². The second-order valence-electron chi connectivity index (χ2n) is 4.57. The molecule has 2 N–H and O–H groups in total. The Balaban J connectivity index is 2.47. The van der Waals surface area contributed by atoms with Crippen molar-refractivity contribution in [3.63, 3.8) is 0 Å². The van der Waals surface area contributed by atoms with Crippen LogP contribution in [-0.2, 0) is 4.74 Å². The van der Waals surface area contributed by atoms with Gasteiger partial charge in [0.1, 0.15) is 5.60 Å². The van der Waals surface area contributed by atoms with Crippen LogP contribution in [0.4, 0.5) is 4.79 Å². The van der Waals surface area contributed by atoms with Gasteiger partial charge in [-0.2, -0.15) is 0 Å². The van der Waals surface area contributed by atoms with Gasteiger partial charge >= 0.3 is 6.09 Å². The Bertz CT molecular complexity index is 529. The molecule has 1 heterocycles. The van der Waals surface area contributed by atoms with Crippen molar-refractivity contribution in [2.45, 2.75) is 26.4 Å². The monoisotopic (exact) mass is 248 g/mol. The topological polar surface area (TPSA) is 71.2 Å². The van der Waals surface area contributed by atoms with Gasteiger partial charge in [-0.1, -0.05) is 11.8 Å². The molecule has 0 aliphatic heterocycles. The lowest BCUT2D eigenvalue weighted by molar-refractivity contribution is 0.0535. The van der Waals surface area contributed by atoms with Gasteiger partial charge in [-0.05, 0) is 32.9 Å². The first-order valence-corrected chi connectivity index (χ1v) is 5.52. The molecule has 0 fully saturated rings. The van der Waals surface area contributed by atoms with Crippen molar-refractivity contribution >= 4 is 6.09 Å². The van der Waals surface area contributed by atoms with E-state index in [1.54, 1.807) is 32.9 Å². The van der Waals surface area contributed by atoms with E-state index in [0.29, 0.717) is 5.56 Å². The summed E-state index contributed by atoms with van der Waals surface area (Å²) in [6.45, 7) is 5.47. The Kier molecular flexibility index (Phi) is 4.55. The summed E-state index contributed by atoms with van der Waals surface area (Å²) in [7, 11) is 0. The number of alkyl carbamates (subject to hydrolysis) is 1. The molecule has 5 nitrogen and oxygen atoms in total. The molecule has 0 aliphatic rings. The molecule has 1 amide bonds. The zero-order valence-corrected chi connectivity index (χ0v) is 10.7. The average molecular weight is 248 g/mol. The van der Waals surface area contributed by atoms with Crippen molar-refractivity contribution in [2.24, 2.45) is 0 Å². The highest BCUT2D eigenvalue weighted by atomic mass is 16.6. The Morgan fingerprint density at radius 3 is 2.83 bits per heavy atom. The van der Waals surface area contributed by atoms with Gasteiger partial charge in [-0.25, -0.2) is 4.79 Å². The van der Waals surface area contributed by atoms with Crippen LogP contribution in [0.1, 0.15) is 26.3 Å². The molecular weight excluding hydrogens is 232 g/mol. The van der Waals surface area contributed by atoms with E-state index in [-0.39, 0.29) is 12.1 Å². The number of carbonyl (C=O) groups excluding carboxylic acids is 1. The third kappa shape index (κ3) is 5.21. The standard InChI is InChI=1S/C13H16N2O3/c1-13(2,3)18-12(17)15-9-5-7-10-6-4-8-14-11(10)16/h4,6,8H,9H2,1-3H3,(H,14,16)(H,15,17). The fraction of sp³-hybridized carbons (Fsp3) is 0.385. The summed E-state index contributed by atoms with van der Waals surface area (Å²) in [5.41, 5.74) is -0.417. The Morgan fingerprint density at radius 2 is 2.22 bits per heavy atom. The summed E-state index contributed by atoms with van der Waals surface area (Å²) >= 11 is 0. The largest absolute Gasteiger partial charge is 0.444 e. The number of H-pyrrole nitrogens is 1. The molecule has 1 aromatic rings. The van der Waals surface area contributed by atoms with Crippen LogP contribution in [-0.4, -0.2) is 23.2 Å². The fourth-order valence-corrected chi connectivity index (χ4v) is 1.09. The van der Waals surface area contributed by atoms with Crippen LogP contribution >= 0.6 is 0 Å². The molecule has 0 atom stereocenters. The van der Waals surface area contributed by atoms with E-state index in [0.717, 1.165) is 0 Å². The maximum Gasteiger partial charge on any atom is 0.408 e. The Hall–Kier alpha value is -2.22. The maximum absolute atomic E-state index is 11.3. The van der Waals surface area contributed by atoms with Gasteiger partial charge in [0.25, 0.3) is 5.56 Å². The zero-order valence-electron chi connectivity index (χ0n) is 10.7. The third-order valence-corrected chi connectivity index (χ3v) is 1.76. The number of hydrogen-bond acceptors (Lipinski definition) is 3. The van der Waals surface area contributed by atoms with Crippen LogP contribution in [0, 0.1) is 11.8 Å². The molecule has 96 valence electrons. The highest BCUT2D eigenvalue weighted by molar-refractivity contribution is 5.68. The first kappa shape index (κ1) is 13.8. The lowest BCUT2D eigenvalue weighted by atomic mass is 10.2. The zero-order chi connectivity index (χ0) is 13.6. The predicted molar refractivity (Wildman–Crippen MR) is 68.2 cm³/mol. The van der Waals surface area contributed by atoms with E-state index in [2.05, 4.69) is 22.1 Å². The molecule has 1 aromatic heterocycles. The molecule has 0 radical (unpaired) electrons. The van der Waals surface area contributed by atoms with Gasteiger partial charge in [0.2, 0.25) is 0 Å². The van der Waals surface area contributed by atoms with Crippen molar-refractivity contribution in [2.75, 3.05) is 6.54 Å². The first-order chi connectivity index (χ1) is 8.38. The minimum absolute atomic E-state index is 0.128. The second kappa shape index (κ2) is 5.92. The van der Waals surface area contributed by atoms with E-state index in [9.17, 15) is 9.59 Å². The number of aromatic nitrogens is 1. The minimum Gasteiger partial charge on any atom is -0.444 e. The molecule has 0 unspecified atom stereocenters. The number of amides is 1. The number of ether oxygens (including phenoxy) is 1. The minimum atomic E-state index is -0.534. The van der Waals surface area contributed by atoms with Gasteiger partial charge in [0, 0.05) is 6.20 Å². The van der Waals surface area contributed by atoms with Crippen molar-refractivity contribution in [3.05, 3.63) is 34.2 Å². The number of hydrogen-bond donors (Lipinski definition) is 2. The van der Waals surface area contributed by atoms with E-state index in [4.69, 9.17) is 4.74 Å². The highest BCUT2D eigenvalue weighted by Gasteiger charge is 2.14. The van der Waals surface area contributed by atoms with Gasteiger partial charge in [0.15, 0.2) is 0 Å². The van der Waals surface area contributed by atoms with Crippen LogP contribution in [0.15, 0.2) is 23.1 Å². The highest BCUT2D eigenvalue weighted by Crippen LogP contribution is 2.05. The van der Waals surface area contributed by atoms with Gasteiger partial charge in [-0.3, -0.25) is 4.79 Å². The summed E-state index contributed by atoms with van der Waals surface area (Å²) in [5, 5.41) is 2.48. The van der Waals surface area contributed by atoms with Crippen LogP contribution in [0.3, 0.4) is 0 Å². The Labute approximate surface area is 106 Å². The molecule has 1 rings (SSSR count). The smallest absolute Gasteiger partial charge is 0.408 e. The van der Waals surface area contributed by atoms with Crippen LogP contribution < -0.4 is 10.9 Å². The first-order valence-electron chi connectivity index (χ1n) is 5.52. The normalized spacial score (nSPS) is 10.2. The number of nitrogens with one attached hydrogen (secondary N) is 2. The summed E-state index contributed by atoms with van der Waals surface area (Å²) in [5.74, 6) is 5.34. The molecular formula is C13H16N2O3. The Morgan fingerprint density at radius 1 is 1.50 bits per heavy atom. The lowest BCUT2D eigenvalue weighted by Gasteiger charge is -2.18. The predicted octanol–water partition coefficient (Wildman–Crippen LogP) is 1.25. The number of aromatic amines is 1. The molecule has 0 spiro atoms. The van der Waals surface area contributed by atoms with Crippen LogP contribution in [0.5, 0.6) is 0 Å². The maximum atomic E-state index is 11.3. The molecule has 5 heteroatoms. The molecule has 0 saturated carbocycles. The fourth-order valence-electron chi connectivity index (χ4n) is 1.09. The SMILES string of the molecule is CC(C)(C)OC(=O)NCC#Cc1ccc[nH]c1=O. The van der Waals surface area contributed by atoms with E-state index in [1.807, 2.05) is 0 Å². The van der Waals surface area contributed by atoms with Gasteiger partial charge in [-0.15, -0.1) is 0 Å². The quantitative estimate of drug-likeness (QED) is 0.735. The summed E-state index contributed by atoms with van der Waals surface area (Å²) in [4.78, 5) is 25.0. The van der Waals surface area contributed by atoms with E-state index >= 15 is 0 Å². The molecule has 0 aliphatic carbocycles. The lowest BCUT2D eigenvalue weighted by Crippen LogP contribution is -2.32. The average Bonchev–Trinajstić information content (AvgIpc) is 2.24. The second-order valence-corrected chi connectivity index (χ2v) is 4.57. The van der Waals surface area contributed by atoms with Crippen molar-refractivity contribution in [1.29, 1.82) is 0 Å². The van der Waals surface area contributed by atoms with E-state index in [1.165, 1.54) is 6.20 Å². The molecule has 0 bridgehead atoms. The van der Waals surface area contributed by atoms with Gasteiger partial charge in [0.05, 0.1) is 12.1 Å². The third-order valence-electron chi connectivity index (χ3n) is 1.76. The molecule has 0 aromatic carbocycles.